The molecule has 0 aliphatic rings. The number of unbranched alkanes of at least 4 members (excludes halogenated alkanes) is 11. The van der Waals surface area contributed by atoms with Gasteiger partial charge in [-0.1, -0.05) is 97.3 Å². The van der Waals surface area contributed by atoms with E-state index in [-0.39, 0.29) is 0 Å². The van der Waals surface area contributed by atoms with Crippen LogP contribution < -0.4 is 5.32 Å². The van der Waals surface area contributed by atoms with Crippen molar-refractivity contribution in [1.82, 2.24) is 5.32 Å². The van der Waals surface area contributed by atoms with Crippen molar-refractivity contribution in [2.45, 2.75) is 116 Å². The highest BCUT2D eigenvalue weighted by Crippen LogP contribution is 2.13. The van der Waals surface area contributed by atoms with Crippen LogP contribution in [0.25, 0.3) is 0 Å². The third-order valence-electron chi connectivity index (χ3n) is 4.53. The summed E-state index contributed by atoms with van der Waals surface area (Å²) in [6.45, 7) is 5.02. The van der Waals surface area contributed by atoms with E-state index in [4.69, 9.17) is 0 Å². The molecular formula is C20H41NO. The topological polar surface area (TPSA) is 29.1 Å². The van der Waals surface area contributed by atoms with Crippen molar-refractivity contribution < 1.29 is 4.79 Å². The van der Waals surface area contributed by atoms with Crippen LogP contribution in [-0.2, 0) is 4.79 Å². The molecule has 0 saturated carbocycles. The van der Waals surface area contributed by atoms with E-state index >= 15 is 0 Å². The van der Waals surface area contributed by atoms with E-state index < -0.39 is 0 Å². The minimum Gasteiger partial charge on any atom is -0.307 e. The SMILES string of the molecule is CCCCCCCCCCCCCCC(CCC)NCC=O. The molecule has 0 radical (unpaired) electrons. The fourth-order valence-corrected chi connectivity index (χ4v) is 3.14. The minimum absolute atomic E-state index is 0.517. The van der Waals surface area contributed by atoms with Crippen molar-refractivity contribution in [3.63, 3.8) is 0 Å². The van der Waals surface area contributed by atoms with Gasteiger partial charge in [0.25, 0.3) is 0 Å². The first-order chi connectivity index (χ1) is 10.8. The number of carbonyl (C=O) groups is 1. The Hall–Kier alpha value is -0.370. The maximum absolute atomic E-state index is 10.4. The van der Waals surface area contributed by atoms with Crippen molar-refractivity contribution in [2.24, 2.45) is 0 Å². The van der Waals surface area contributed by atoms with Crippen LogP contribution in [0.2, 0.25) is 0 Å². The van der Waals surface area contributed by atoms with Gasteiger partial charge in [0.2, 0.25) is 0 Å². The van der Waals surface area contributed by atoms with Crippen molar-refractivity contribution in [2.75, 3.05) is 6.54 Å². The van der Waals surface area contributed by atoms with Gasteiger partial charge in [-0.05, 0) is 12.8 Å². The molecule has 132 valence electrons. The van der Waals surface area contributed by atoms with Crippen LogP contribution >= 0.6 is 0 Å². The van der Waals surface area contributed by atoms with Crippen LogP contribution in [0.15, 0.2) is 0 Å². The molecule has 2 heteroatoms. The van der Waals surface area contributed by atoms with Crippen molar-refractivity contribution in [3.8, 4) is 0 Å². The molecule has 0 rings (SSSR count). The molecule has 0 fully saturated rings. The molecule has 0 saturated heterocycles. The van der Waals surface area contributed by atoms with Gasteiger partial charge in [-0.15, -0.1) is 0 Å². The Morgan fingerprint density at radius 2 is 1.18 bits per heavy atom. The summed E-state index contributed by atoms with van der Waals surface area (Å²) in [5.74, 6) is 0. The molecule has 1 N–H and O–H groups in total. The van der Waals surface area contributed by atoms with Crippen molar-refractivity contribution in [1.29, 1.82) is 0 Å². The molecule has 0 bridgehead atoms. The third-order valence-corrected chi connectivity index (χ3v) is 4.53. The van der Waals surface area contributed by atoms with Crippen molar-refractivity contribution in [3.05, 3.63) is 0 Å². The monoisotopic (exact) mass is 311 g/mol. The van der Waals surface area contributed by atoms with Gasteiger partial charge in [-0.25, -0.2) is 0 Å². The summed E-state index contributed by atoms with van der Waals surface area (Å²) in [6, 6.07) is 0.554. The lowest BCUT2D eigenvalue weighted by molar-refractivity contribution is -0.107. The number of nitrogens with one attached hydrogen (secondary N) is 1. The minimum atomic E-state index is 0.517. The van der Waals surface area contributed by atoms with Crippen LogP contribution in [0.5, 0.6) is 0 Å². The van der Waals surface area contributed by atoms with Gasteiger partial charge in [0.1, 0.15) is 6.29 Å². The maximum atomic E-state index is 10.4. The Bertz CT molecular complexity index is 218. The van der Waals surface area contributed by atoms with Crippen LogP contribution in [0.1, 0.15) is 110 Å². The summed E-state index contributed by atoms with van der Waals surface area (Å²) in [5.41, 5.74) is 0. The summed E-state index contributed by atoms with van der Waals surface area (Å²) in [7, 11) is 0. The number of aldehydes is 1. The largest absolute Gasteiger partial charge is 0.307 e. The summed E-state index contributed by atoms with van der Waals surface area (Å²) < 4.78 is 0. The third kappa shape index (κ3) is 16.0. The first kappa shape index (κ1) is 21.6. The van der Waals surface area contributed by atoms with Gasteiger partial charge < -0.3 is 10.1 Å². The summed E-state index contributed by atoms with van der Waals surface area (Å²) in [4.78, 5) is 10.4. The summed E-state index contributed by atoms with van der Waals surface area (Å²) in [6.07, 6.45) is 21.5. The number of hydrogen-bond acceptors (Lipinski definition) is 2. The van der Waals surface area contributed by atoms with Gasteiger partial charge >= 0.3 is 0 Å². The average Bonchev–Trinajstić information content (AvgIpc) is 2.53. The van der Waals surface area contributed by atoms with Gasteiger partial charge in [0, 0.05) is 6.04 Å². The Morgan fingerprint density at radius 1 is 0.682 bits per heavy atom. The molecule has 1 atom stereocenters. The predicted octanol–water partition coefficient (Wildman–Crippen LogP) is 6.03. The highest BCUT2D eigenvalue weighted by molar-refractivity contribution is 5.51. The zero-order chi connectivity index (χ0) is 16.3. The molecule has 0 aliphatic carbocycles. The second-order valence-corrected chi connectivity index (χ2v) is 6.74. The zero-order valence-corrected chi connectivity index (χ0v) is 15.4. The Labute approximate surface area is 139 Å². The summed E-state index contributed by atoms with van der Waals surface area (Å²) in [5, 5.41) is 3.34. The van der Waals surface area contributed by atoms with E-state index in [0.717, 1.165) is 6.29 Å². The predicted molar refractivity (Wildman–Crippen MR) is 98.5 cm³/mol. The van der Waals surface area contributed by atoms with E-state index in [9.17, 15) is 4.79 Å². The maximum Gasteiger partial charge on any atom is 0.133 e. The van der Waals surface area contributed by atoms with Gasteiger partial charge in [-0.2, -0.15) is 0 Å². The van der Waals surface area contributed by atoms with Gasteiger partial charge in [-0.3, -0.25) is 0 Å². The molecule has 0 aromatic rings. The molecule has 0 heterocycles. The van der Waals surface area contributed by atoms with E-state index in [0.29, 0.717) is 12.6 Å². The molecule has 0 spiro atoms. The number of carbonyl (C=O) groups excluding carboxylic acids is 1. The second-order valence-electron chi connectivity index (χ2n) is 6.74. The smallest absolute Gasteiger partial charge is 0.133 e. The van der Waals surface area contributed by atoms with Crippen LogP contribution in [0.4, 0.5) is 0 Å². The second kappa shape index (κ2) is 18.7. The quantitative estimate of drug-likeness (QED) is 0.247. The van der Waals surface area contributed by atoms with Crippen LogP contribution in [0.3, 0.4) is 0 Å². The fraction of sp³-hybridized carbons (Fsp3) is 0.950. The molecule has 2 nitrogen and oxygen atoms in total. The fourth-order valence-electron chi connectivity index (χ4n) is 3.14. The lowest BCUT2D eigenvalue weighted by Gasteiger charge is -2.16. The standard InChI is InChI=1S/C20H41NO/c1-3-5-6-7-8-9-10-11-12-13-14-15-17-20(16-4-2)21-18-19-22/h19-21H,3-18H2,1-2H3. The average molecular weight is 312 g/mol. The lowest BCUT2D eigenvalue weighted by atomic mass is 10.0. The normalized spacial score (nSPS) is 12.5. The molecule has 0 aromatic carbocycles. The van der Waals surface area contributed by atoms with Crippen molar-refractivity contribution >= 4 is 6.29 Å². The molecule has 1 unspecified atom stereocenters. The first-order valence-electron chi connectivity index (χ1n) is 10.0. The van der Waals surface area contributed by atoms with Crippen LogP contribution in [-0.4, -0.2) is 18.9 Å². The van der Waals surface area contributed by atoms with Gasteiger partial charge in [0.15, 0.2) is 0 Å². The Morgan fingerprint density at radius 3 is 1.64 bits per heavy atom. The zero-order valence-electron chi connectivity index (χ0n) is 15.4. The first-order valence-corrected chi connectivity index (χ1v) is 10.0. The molecule has 22 heavy (non-hydrogen) atoms. The number of hydrogen-bond donors (Lipinski definition) is 1. The lowest BCUT2D eigenvalue weighted by Crippen LogP contribution is -2.30. The van der Waals surface area contributed by atoms with Gasteiger partial charge in [0.05, 0.1) is 6.54 Å². The van der Waals surface area contributed by atoms with E-state index in [1.165, 1.54) is 96.3 Å². The molecule has 0 aromatic heterocycles. The number of rotatable bonds is 18. The Balaban J connectivity index is 3.25. The molecule has 0 amide bonds. The highest BCUT2D eigenvalue weighted by Gasteiger charge is 2.05. The molecule has 0 aliphatic heterocycles. The highest BCUT2D eigenvalue weighted by atomic mass is 16.1. The van der Waals surface area contributed by atoms with E-state index in [1.807, 2.05) is 0 Å². The van der Waals surface area contributed by atoms with E-state index in [1.54, 1.807) is 0 Å². The molecular weight excluding hydrogens is 270 g/mol. The summed E-state index contributed by atoms with van der Waals surface area (Å²) >= 11 is 0. The van der Waals surface area contributed by atoms with E-state index in [2.05, 4.69) is 19.2 Å². The van der Waals surface area contributed by atoms with Crippen LogP contribution in [0, 0.1) is 0 Å². The Kier molecular flexibility index (Phi) is 18.4.